The number of fused-ring (bicyclic) bond motifs is 2. The van der Waals surface area contributed by atoms with E-state index in [2.05, 4.69) is 58.1 Å². The van der Waals surface area contributed by atoms with Crippen LogP contribution in [0.3, 0.4) is 0 Å². The third kappa shape index (κ3) is 16.0. The largest absolute Gasteiger partial charge is 0.394 e. The number of pyridine rings is 2. The molecule has 0 bridgehead atoms. The average Bonchev–Trinajstić information content (AvgIpc) is 1.56. The summed E-state index contributed by atoms with van der Waals surface area (Å²) in [6.07, 6.45) is 12.3. The van der Waals surface area contributed by atoms with Crippen molar-refractivity contribution >= 4 is 148 Å². The summed E-state index contributed by atoms with van der Waals surface area (Å²) < 4.78 is 7.18. The Bertz CT molecular complexity index is 4910. The second kappa shape index (κ2) is 30.8. The molecule has 4 aromatic carbocycles. The number of nitrogens with zero attached hydrogens (tertiary/aromatic N) is 10. The van der Waals surface area contributed by atoms with Gasteiger partial charge in [-0.2, -0.15) is 10.5 Å². The van der Waals surface area contributed by atoms with Gasteiger partial charge >= 0.3 is 11.9 Å². The van der Waals surface area contributed by atoms with Gasteiger partial charge in [0.15, 0.2) is 0 Å². The molecule has 8 aromatic rings. The molecule has 6 heterocycles. The zero-order chi connectivity index (χ0) is 74.4. The molecule has 6 N–H and O–H groups in total. The Morgan fingerprint density at radius 1 is 0.509 bits per heavy atom. The molecular weight excluding hydrogens is 1480 g/mol. The van der Waals surface area contributed by atoms with Gasteiger partial charge in [-0.05, 0) is 186 Å². The number of esters is 2. The molecule has 4 aliphatic carbocycles. The van der Waals surface area contributed by atoms with Crippen molar-refractivity contribution in [1.82, 2.24) is 50.3 Å². The monoisotopic (exact) mass is 1550 g/mol. The van der Waals surface area contributed by atoms with Crippen LogP contribution in [0.15, 0.2) is 134 Å². The molecule has 0 unspecified atom stereocenters. The summed E-state index contributed by atoms with van der Waals surface area (Å²) in [5.74, 6) is -2.96. The van der Waals surface area contributed by atoms with Crippen LogP contribution in [0, 0.1) is 22.7 Å². The van der Waals surface area contributed by atoms with Gasteiger partial charge in [0.2, 0.25) is 23.7 Å². The molecule has 4 saturated carbocycles. The van der Waals surface area contributed by atoms with Gasteiger partial charge in [-0.15, -0.1) is 24.8 Å². The van der Waals surface area contributed by atoms with Crippen LogP contribution in [-0.4, -0.2) is 93.3 Å². The molecule has 6 amide bonds. The molecule has 106 heavy (non-hydrogen) atoms. The highest BCUT2D eigenvalue weighted by Crippen LogP contribution is 2.51. The van der Waals surface area contributed by atoms with E-state index in [1.807, 2.05) is 24.3 Å². The van der Waals surface area contributed by atoms with E-state index < -0.39 is 57.0 Å². The summed E-state index contributed by atoms with van der Waals surface area (Å²) in [6, 6.07) is 35.1. The standard InChI is InChI=1S/C37H33Cl2N7O4.C34H30Cl2N8O3.C4H6O3.2ClH/c1-22(47)3-4-23-9-14-41-30(15-23)36(10-11-36)44-32(49)37(12-13-37)43-31(48)29-21-42-34-45(28-17-26(38)16-27(39)18-28)33(50)35(2,46(29)34)19-24-5-7-25(20-40)8-6-24;1-32(16-20-2-4-21(17-37)5-3-20)30(47)43(25-14-23(35)13-24(36)15-25)31-40-19-26(44(31)32)28(45)41-34(9-10-34)29(46)42-33(7-8-33)27-12-22(18-38)6-11-39-27;1-3(5)7-4(2)6;;/h5-9,14-18,21H,3-4,10-13,19H2,1-2H3,(H,43,48)(H,44,49);2-6,11-15,19H,7-10,16,18,38H2,1H3,(H,41,45)(H,42,46);1-2H3;2*1H/t35-;32-;;;/m11.../s1. The minimum absolute atomic E-state index is 0. The van der Waals surface area contributed by atoms with Gasteiger partial charge in [-0.25, -0.2) is 19.8 Å². The molecule has 4 aromatic heterocycles. The number of aromatic nitrogens is 6. The molecule has 6 aliphatic rings. The van der Waals surface area contributed by atoms with Gasteiger partial charge in [0.05, 0.1) is 69.5 Å². The lowest BCUT2D eigenvalue weighted by Gasteiger charge is -2.27. The van der Waals surface area contributed by atoms with Crippen LogP contribution in [0.2, 0.25) is 20.1 Å². The summed E-state index contributed by atoms with van der Waals surface area (Å²) in [7, 11) is 0. The minimum Gasteiger partial charge on any atom is -0.394 e. The zero-order valence-corrected chi connectivity index (χ0v) is 62.5. The molecule has 0 saturated heterocycles. The van der Waals surface area contributed by atoms with Crippen molar-refractivity contribution in [3.05, 3.63) is 210 Å². The van der Waals surface area contributed by atoms with Crippen LogP contribution in [0.25, 0.3) is 0 Å². The molecule has 2 aliphatic heterocycles. The highest BCUT2D eigenvalue weighted by atomic mass is 35.5. The Hall–Kier alpha value is -10.1. The summed E-state index contributed by atoms with van der Waals surface area (Å²) in [5, 5.41) is 32.1. The van der Waals surface area contributed by atoms with Crippen LogP contribution >= 0.6 is 71.2 Å². The first kappa shape index (κ1) is 78.5. The van der Waals surface area contributed by atoms with E-state index in [4.69, 9.17) is 52.1 Å². The fourth-order valence-electron chi connectivity index (χ4n) is 13.2. The molecule has 14 rings (SSSR count). The second-order valence-electron chi connectivity index (χ2n) is 27.3. The van der Waals surface area contributed by atoms with Crippen LogP contribution in [-0.2, 0) is 86.3 Å². The SMILES string of the molecule is CC(=O)CCc1ccnc(C2(NC(=O)C3(NC(=O)c4cnc5n4[C@](C)(Cc4ccc(C#N)cc4)C(=O)N5c4cc(Cl)cc(Cl)c4)CC3)CC2)c1.CC(=O)OC(C)=O.C[C@@]1(Cc2ccc(C#N)cc2)C(=O)N(c2cc(Cl)cc(Cl)c2)c2ncc(C(=O)NC3(C(=O)NC4(c5cc(CN)ccn5)CC4)CC3)n21.Cl.Cl. The quantitative estimate of drug-likeness (QED) is 0.0349. The van der Waals surface area contributed by atoms with Gasteiger partial charge in [-0.3, -0.25) is 57.5 Å². The van der Waals surface area contributed by atoms with Gasteiger partial charge in [-0.1, -0.05) is 70.7 Å². The number of nitrogens with two attached hydrogens (primary N) is 1. The smallest absolute Gasteiger partial charge is 0.310 e. The zero-order valence-electron chi connectivity index (χ0n) is 57.9. The highest BCUT2D eigenvalue weighted by Gasteiger charge is 2.60. The number of ketones is 1. The summed E-state index contributed by atoms with van der Waals surface area (Å²) >= 11 is 25.3. The van der Waals surface area contributed by atoms with Gasteiger partial charge in [0, 0.05) is 72.1 Å². The lowest BCUT2D eigenvalue weighted by atomic mass is 9.91. The van der Waals surface area contributed by atoms with E-state index in [0.717, 1.165) is 46.5 Å². The molecule has 31 heteroatoms. The van der Waals surface area contributed by atoms with Crippen LogP contribution in [0.5, 0.6) is 0 Å². The van der Waals surface area contributed by atoms with Gasteiger partial charge in [0.1, 0.15) is 39.3 Å². The number of aryl methyl sites for hydroxylation is 1. The van der Waals surface area contributed by atoms with E-state index in [9.17, 15) is 53.7 Å². The maximum Gasteiger partial charge on any atom is 0.310 e. The second-order valence-corrected chi connectivity index (χ2v) is 29.1. The lowest BCUT2D eigenvalue weighted by molar-refractivity contribution is -0.156. The highest BCUT2D eigenvalue weighted by molar-refractivity contribution is 6.36. The number of Topliss-reactive ketones (excluding diaryl/α,β-unsaturated/α-hetero) is 1. The Morgan fingerprint density at radius 3 is 1.20 bits per heavy atom. The number of imidazole rings is 2. The molecular formula is C75H71Cl6N15O10. The minimum atomic E-state index is -1.32. The van der Waals surface area contributed by atoms with Gasteiger partial charge < -0.3 is 36.5 Å². The predicted molar refractivity (Wildman–Crippen MR) is 398 cm³/mol. The first-order valence-corrected chi connectivity index (χ1v) is 34.9. The van der Waals surface area contributed by atoms with E-state index in [1.54, 1.807) is 127 Å². The van der Waals surface area contributed by atoms with E-state index >= 15 is 0 Å². The van der Waals surface area contributed by atoms with E-state index in [0.29, 0.717) is 101 Å². The number of carbonyl (C=O) groups excluding carboxylic acids is 9. The number of halogens is 6. The number of hydrogen-bond acceptors (Lipinski definition) is 17. The van der Waals surface area contributed by atoms with E-state index in [1.165, 1.54) is 36.0 Å². The number of nitrogens with one attached hydrogen (secondary N) is 4. The Kier molecular flexibility index (Phi) is 22.8. The van der Waals surface area contributed by atoms with Crippen LogP contribution in [0.4, 0.5) is 23.3 Å². The lowest BCUT2D eigenvalue weighted by Crippen LogP contribution is -2.52. The predicted octanol–water partition coefficient (Wildman–Crippen LogP) is 11.2. The molecule has 25 nitrogen and oxygen atoms in total. The number of anilines is 4. The van der Waals surface area contributed by atoms with Crippen molar-refractivity contribution in [3.63, 3.8) is 0 Å². The maximum atomic E-state index is 14.4. The van der Waals surface area contributed by atoms with Crippen molar-refractivity contribution in [2.45, 2.75) is 151 Å². The third-order valence-corrected chi connectivity index (χ3v) is 20.2. The number of rotatable bonds is 20. The Morgan fingerprint density at radius 2 is 0.877 bits per heavy atom. The molecule has 4 fully saturated rings. The molecule has 0 spiro atoms. The van der Waals surface area contributed by atoms with Crippen LogP contribution in [0.1, 0.15) is 158 Å². The van der Waals surface area contributed by atoms with Crippen molar-refractivity contribution < 1.29 is 47.9 Å². The number of nitriles is 2. The molecule has 2 atom stereocenters. The Balaban J connectivity index is 0.000000205. The first-order valence-electron chi connectivity index (χ1n) is 33.4. The van der Waals surface area contributed by atoms with Crippen molar-refractivity contribution in [2.24, 2.45) is 5.73 Å². The summed E-state index contributed by atoms with van der Waals surface area (Å²) in [6.45, 7) is 7.76. The topological polar surface area (TPSA) is 352 Å². The fraction of sp³-hybridized carbons (Fsp3) is 0.320. The fourth-order valence-corrected chi connectivity index (χ4v) is 14.2. The maximum absolute atomic E-state index is 14.4. The first-order chi connectivity index (χ1) is 49.5. The number of hydrogen-bond donors (Lipinski definition) is 5. The van der Waals surface area contributed by atoms with Crippen molar-refractivity contribution in [2.75, 3.05) is 9.80 Å². The number of amides is 6. The summed E-state index contributed by atoms with van der Waals surface area (Å²) in [4.78, 5) is 136. The average molecular weight is 1560 g/mol. The summed E-state index contributed by atoms with van der Waals surface area (Å²) in [5.41, 5.74) is 6.65. The number of carbonyl (C=O) groups is 9. The van der Waals surface area contributed by atoms with Crippen LogP contribution < -0.4 is 36.8 Å². The van der Waals surface area contributed by atoms with Crippen molar-refractivity contribution in [3.8, 4) is 12.1 Å². The Labute approximate surface area is 641 Å². The van der Waals surface area contributed by atoms with Crippen molar-refractivity contribution in [1.29, 1.82) is 10.5 Å². The number of ether oxygens (including phenoxy) is 1. The van der Waals surface area contributed by atoms with E-state index in [-0.39, 0.29) is 90.4 Å². The number of benzene rings is 4. The normalized spacial score (nSPS) is 18.5. The van der Waals surface area contributed by atoms with Gasteiger partial charge in [0.25, 0.3) is 23.6 Å². The third-order valence-electron chi connectivity index (χ3n) is 19.3. The molecule has 0 radical (unpaired) electrons. The molecule has 548 valence electrons.